The Bertz CT molecular complexity index is 412. The molecule has 0 aliphatic rings. The lowest BCUT2D eigenvalue weighted by molar-refractivity contribution is -0.137. The summed E-state index contributed by atoms with van der Waals surface area (Å²) in [7, 11) is 0. The van der Waals surface area contributed by atoms with E-state index in [9.17, 15) is 4.79 Å². The molecule has 0 saturated heterocycles. The number of carbonyl (C=O) groups is 1. The Labute approximate surface area is 142 Å². The van der Waals surface area contributed by atoms with Crippen LogP contribution in [0.15, 0.2) is 60.8 Å². The summed E-state index contributed by atoms with van der Waals surface area (Å²) in [4.78, 5) is 10.3. The highest BCUT2D eigenvalue weighted by atomic mass is 16.4. The van der Waals surface area contributed by atoms with Crippen LogP contribution in [0.2, 0.25) is 0 Å². The zero-order chi connectivity index (χ0) is 17.0. The Morgan fingerprint density at radius 3 is 1.48 bits per heavy atom. The monoisotopic (exact) mass is 316 g/mol. The Morgan fingerprint density at radius 1 is 0.696 bits per heavy atom. The van der Waals surface area contributed by atoms with Gasteiger partial charge in [-0.3, -0.25) is 4.79 Å². The van der Waals surface area contributed by atoms with Gasteiger partial charge in [-0.15, -0.1) is 0 Å². The van der Waals surface area contributed by atoms with Crippen molar-refractivity contribution in [2.24, 2.45) is 0 Å². The van der Waals surface area contributed by atoms with Crippen LogP contribution in [0, 0.1) is 0 Å². The van der Waals surface area contributed by atoms with Crippen LogP contribution < -0.4 is 0 Å². The quantitative estimate of drug-likeness (QED) is 0.298. The first-order valence-electron chi connectivity index (χ1n) is 8.74. The molecule has 0 bridgehead atoms. The molecule has 0 rings (SSSR count). The van der Waals surface area contributed by atoms with Crippen LogP contribution in [0.5, 0.6) is 0 Å². The summed E-state index contributed by atoms with van der Waals surface area (Å²) in [6, 6.07) is 0. The Morgan fingerprint density at radius 2 is 1.09 bits per heavy atom. The van der Waals surface area contributed by atoms with Crippen molar-refractivity contribution in [2.45, 2.75) is 64.7 Å². The fourth-order valence-corrected chi connectivity index (χ4v) is 1.86. The fourth-order valence-electron chi connectivity index (χ4n) is 1.86. The number of hydrogen-bond donors (Lipinski definition) is 1. The van der Waals surface area contributed by atoms with Crippen LogP contribution in [0.4, 0.5) is 0 Å². The van der Waals surface area contributed by atoms with Crippen LogP contribution in [0.1, 0.15) is 64.7 Å². The van der Waals surface area contributed by atoms with Crippen molar-refractivity contribution in [2.75, 3.05) is 0 Å². The van der Waals surface area contributed by atoms with E-state index in [0.717, 1.165) is 38.5 Å². The van der Waals surface area contributed by atoms with Gasteiger partial charge in [0.25, 0.3) is 0 Å². The molecule has 0 aromatic heterocycles. The SMILES string of the molecule is CCC/C=C\C/C=C\C/C=C\C/C=C\C/C=C\CCCC(=O)O. The molecule has 1 N–H and O–H groups in total. The van der Waals surface area contributed by atoms with Gasteiger partial charge in [-0.05, 0) is 44.9 Å². The topological polar surface area (TPSA) is 37.3 Å². The molecular weight excluding hydrogens is 284 g/mol. The molecule has 0 fully saturated rings. The molecule has 0 amide bonds. The molecule has 0 spiro atoms. The number of hydrogen-bond acceptors (Lipinski definition) is 1. The molecule has 0 unspecified atom stereocenters. The predicted molar refractivity (Wildman–Crippen MR) is 101 cm³/mol. The molecule has 0 aliphatic heterocycles. The minimum atomic E-state index is -0.715. The van der Waals surface area contributed by atoms with E-state index in [1.165, 1.54) is 12.8 Å². The van der Waals surface area contributed by atoms with Crippen LogP contribution in [0.25, 0.3) is 0 Å². The molecule has 0 radical (unpaired) electrons. The van der Waals surface area contributed by atoms with Crippen molar-refractivity contribution < 1.29 is 9.90 Å². The maximum absolute atomic E-state index is 10.3. The summed E-state index contributed by atoms with van der Waals surface area (Å²) in [6.07, 6.45) is 29.9. The minimum Gasteiger partial charge on any atom is -0.481 e. The normalized spacial score (nSPS) is 12.7. The summed E-state index contributed by atoms with van der Waals surface area (Å²) in [5, 5.41) is 8.50. The largest absolute Gasteiger partial charge is 0.481 e. The number of aliphatic carboxylic acids is 1. The first-order chi connectivity index (χ1) is 11.3. The first-order valence-corrected chi connectivity index (χ1v) is 8.74. The minimum absolute atomic E-state index is 0.258. The zero-order valence-electron chi connectivity index (χ0n) is 14.5. The number of rotatable bonds is 14. The van der Waals surface area contributed by atoms with E-state index in [1.807, 2.05) is 0 Å². The summed E-state index contributed by atoms with van der Waals surface area (Å²) < 4.78 is 0. The average Bonchev–Trinajstić information content (AvgIpc) is 2.53. The molecule has 0 saturated carbocycles. The molecule has 128 valence electrons. The lowest BCUT2D eigenvalue weighted by Crippen LogP contribution is -1.92. The van der Waals surface area contributed by atoms with Crippen molar-refractivity contribution in [3.05, 3.63) is 60.8 Å². The van der Waals surface area contributed by atoms with Gasteiger partial charge in [0, 0.05) is 6.42 Å². The fraction of sp³-hybridized carbons (Fsp3) is 0.476. The van der Waals surface area contributed by atoms with E-state index in [-0.39, 0.29) is 6.42 Å². The second-order valence-corrected chi connectivity index (χ2v) is 5.37. The van der Waals surface area contributed by atoms with E-state index < -0.39 is 5.97 Å². The number of carboxylic acids is 1. The third-order valence-corrected chi connectivity index (χ3v) is 3.14. The molecule has 2 heteroatoms. The van der Waals surface area contributed by atoms with E-state index in [0.29, 0.717) is 0 Å². The third-order valence-electron chi connectivity index (χ3n) is 3.14. The highest BCUT2D eigenvalue weighted by molar-refractivity contribution is 5.66. The van der Waals surface area contributed by atoms with Gasteiger partial charge < -0.3 is 5.11 Å². The number of allylic oxidation sites excluding steroid dienone is 10. The molecule has 0 atom stereocenters. The van der Waals surface area contributed by atoms with E-state index in [4.69, 9.17) is 5.11 Å². The van der Waals surface area contributed by atoms with Gasteiger partial charge in [-0.1, -0.05) is 74.1 Å². The van der Waals surface area contributed by atoms with E-state index >= 15 is 0 Å². The van der Waals surface area contributed by atoms with E-state index in [1.54, 1.807) is 0 Å². The first kappa shape index (κ1) is 21.2. The van der Waals surface area contributed by atoms with Crippen molar-refractivity contribution in [1.82, 2.24) is 0 Å². The molecule has 0 aliphatic carbocycles. The summed E-state index contributed by atoms with van der Waals surface area (Å²) in [5.74, 6) is -0.715. The predicted octanol–water partition coefficient (Wildman–Crippen LogP) is 6.38. The smallest absolute Gasteiger partial charge is 0.303 e. The van der Waals surface area contributed by atoms with Gasteiger partial charge >= 0.3 is 5.97 Å². The second-order valence-electron chi connectivity index (χ2n) is 5.37. The number of unbranched alkanes of at least 4 members (excludes halogenated alkanes) is 2. The molecule has 0 aromatic carbocycles. The summed E-state index contributed by atoms with van der Waals surface area (Å²) in [6.45, 7) is 2.19. The van der Waals surface area contributed by atoms with Crippen LogP contribution >= 0.6 is 0 Å². The summed E-state index contributed by atoms with van der Waals surface area (Å²) >= 11 is 0. The summed E-state index contributed by atoms with van der Waals surface area (Å²) in [5.41, 5.74) is 0. The second kappa shape index (κ2) is 18.2. The van der Waals surface area contributed by atoms with Crippen LogP contribution in [0.3, 0.4) is 0 Å². The highest BCUT2D eigenvalue weighted by Gasteiger charge is 1.92. The highest BCUT2D eigenvalue weighted by Crippen LogP contribution is 1.99. The average molecular weight is 316 g/mol. The van der Waals surface area contributed by atoms with Gasteiger partial charge in [0.1, 0.15) is 0 Å². The maximum Gasteiger partial charge on any atom is 0.303 e. The standard InChI is InChI=1S/C21H32O2/c1-2-3-4-5-6-7-8-9-10-11-12-13-14-15-16-17-18-19-20-21(22)23/h4-5,7-8,10-11,13-14,16-17H,2-3,6,9,12,15,18-20H2,1H3,(H,22,23)/b5-4-,8-7-,11-10-,14-13-,17-16-. The molecule has 0 aromatic rings. The van der Waals surface area contributed by atoms with Crippen molar-refractivity contribution in [3.8, 4) is 0 Å². The lowest BCUT2D eigenvalue weighted by Gasteiger charge is -1.89. The van der Waals surface area contributed by atoms with Gasteiger partial charge in [0.2, 0.25) is 0 Å². The molecule has 23 heavy (non-hydrogen) atoms. The molecule has 2 nitrogen and oxygen atoms in total. The van der Waals surface area contributed by atoms with E-state index in [2.05, 4.69) is 67.7 Å². The van der Waals surface area contributed by atoms with Gasteiger partial charge in [-0.2, -0.15) is 0 Å². The van der Waals surface area contributed by atoms with Crippen LogP contribution in [-0.4, -0.2) is 11.1 Å². The lowest BCUT2D eigenvalue weighted by atomic mass is 10.2. The van der Waals surface area contributed by atoms with Gasteiger partial charge in [0.05, 0.1) is 0 Å². The van der Waals surface area contributed by atoms with Gasteiger partial charge in [0.15, 0.2) is 0 Å². The van der Waals surface area contributed by atoms with Gasteiger partial charge in [-0.25, -0.2) is 0 Å². The molecule has 0 heterocycles. The van der Waals surface area contributed by atoms with Crippen molar-refractivity contribution in [1.29, 1.82) is 0 Å². The van der Waals surface area contributed by atoms with Crippen molar-refractivity contribution >= 4 is 5.97 Å². The Kier molecular flexibility index (Phi) is 16.8. The third kappa shape index (κ3) is 20.2. The van der Waals surface area contributed by atoms with Crippen molar-refractivity contribution in [3.63, 3.8) is 0 Å². The Hall–Kier alpha value is -1.83. The maximum atomic E-state index is 10.3. The number of carboxylic acid groups (broad SMARTS) is 1. The Balaban J connectivity index is 3.46. The molecular formula is C21H32O2. The zero-order valence-corrected chi connectivity index (χ0v) is 14.5. The van der Waals surface area contributed by atoms with Crippen LogP contribution in [-0.2, 0) is 4.79 Å².